The van der Waals surface area contributed by atoms with Crippen LogP contribution >= 0.6 is 0 Å². The van der Waals surface area contributed by atoms with Gasteiger partial charge in [-0.05, 0) is 10.7 Å². The van der Waals surface area contributed by atoms with Crippen LogP contribution in [0.3, 0.4) is 0 Å². The smallest absolute Gasteiger partial charge is 0.181 e. The summed E-state index contributed by atoms with van der Waals surface area (Å²) in [6.07, 6.45) is 0. The first kappa shape index (κ1) is 12.3. The number of ketones is 1. The third-order valence-electron chi connectivity index (χ3n) is 3.34. The molecule has 1 N–H and O–H groups in total. The van der Waals surface area contributed by atoms with Crippen LogP contribution in [0.4, 0.5) is 5.69 Å². The monoisotopic (exact) mass is 269 g/mol. The molecule has 5 nitrogen and oxygen atoms in total. The van der Waals surface area contributed by atoms with Crippen molar-refractivity contribution in [3.8, 4) is 11.5 Å². The Hall–Kier alpha value is -2.69. The molecule has 1 heterocycles. The first-order valence-corrected chi connectivity index (χ1v) is 6.13. The Labute approximate surface area is 114 Å². The second-order valence-corrected chi connectivity index (χ2v) is 4.57. The number of ether oxygens (including phenoxy) is 1. The van der Waals surface area contributed by atoms with Crippen LogP contribution in [0.15, 0.2) is 47.6 Å². The Morgan fingerprint density at radius 3 is 2.65 bits per heavy atom. The normalized spacial score (nSPS) is 17.2. The van der Waals surface area contributed by atoms with E-state index in [1.54, 1.807) is 0 Å². The third kappa shape index (κ3) is 1.93. The van der Waals surface area contributed by atoms with Gasteiger partial charge in [0.1, 0.15) is 29.4 Å². The number of fused-ring (bicyclic) bond motifs is 1. The molecule has 1 aliphatic rings. The zero-order valence-electron chi connectivity index (χ0n) is 10.4. The lowest BCUT2D eigenvalue weighted by molar-refractivity contribution is 0.0892. The minimum absolute atomic E-state index is 0.0345. The molecular weight excluding hydrogens is 258 g/mol. The molecule has 1 atom stereocenters. The van der Waals surface area contributed by atoms with Crippen molar-refractivity contribution in [3.05, 3.63) is 58.5 Å². The van der Waals surface area contributed by atoms with Gasteiger partial charge < -0.3 is 9.84 Å². The standard InChI is InChI=1S/C15H11NO4/c17-12-6-10(16-19)7-13-14(12)15(18)11(8-20-13)9-4-2-1-3-5-9/h1-7,11,17H,8H2. The number of benzene rings is 2. The number of nitroso groups, excluding NO2 is 1. The molecule has 2 aromatic carbocycles. The first-order valence-electron chi connectivity index (χ1n) is 6.13. The van der Waals surface area contributed by atoms with E-state index in [2.05, 4.69) is 5.18 Å². The summed E-state index contributed by atoms with van der Waals surface area (Å²) in [5, 5.41) is 12.6. The number of nitrogens with zero attached hydrogens (tertiary/aromatic N) is 1. The van der Waals surface area contributed by atoms with E-state index in [1.807, 2.05) is 30.3 Å². The maximum atomic E-state index is 12.5. The highest BCUT2D eigenvalue weighted by Gasteiger charge is 2.33. The van der Waals surface area contributed by atoms with E-state index >= 15 is 0 Å². The lowest BCUT2D eigenvalue weighted by atomic mass is 9.88. The van der Waals surface area contributed by atoms with Crippen molar-refractivity contribution in [2.24, 2.45) is 5.18 Å². The highest BCUT2D eigenvalue weighted by Crippen LogP contribution is 2.40. The third-order valence-corrected chi connectivity index (χ3v) is 3.34. The fourth-order valence-electron chi connectivity index (χ4n) is 2.36. The van der Waals surface area contributed by atoms with E-state index < -0.39 is 5.92 Å². The molecule has 5 heteroatoms. The van der Waals surface area contributed by atoms with Gasteiger partial charge in [-0.1, -0.05) is 30.3 Å². The zero-order valence-corrected chi connectivity index (χ0v) is 10.4. The van der Waals surface area contributed by atoms with Crippen LogP contribution < -0.4 is 4.74 Å². The lowest BCUT2D eigenvalue weighted by Gasteiger charge is -2.25. The minimum Gasteiger partial charge on any atom is -0.507 e. The Kier molecular flexibility index (Phi) is 2.95. The SMILES string of the molecule is O=Nc1cc(O)c2c(c1)OCC(c1ccccc1)C2=O. The summed E-state index contributed by atoms with van der Waals surface area (Å²) in [7, 11) is 0. The Balaban J connectivity index is 2.05. The number of hydrogen-bond acceptors (Lipinski definition) is 5. The molecule has 1 aliphatic heterocycles. The van der Waals surface area contributed by atoms with Crippen LogP contribution in [0.1, 0.15) is 21.8 Å². The molecule has 0 saturated heterocycles. The fraction of sp³-hybridized carbons (Fsp3) is 0.133. The van der Waals surface area contributed by atoms with Gasteiger partial charge >= 0.3 is 0 Å². The van der Waals surface area contributed by atoms with Crippen molar-refractivity contribution in [1.82, 2.24) is 0 Å². The van der Waals surface area contributed by atoms with Crippen molar-refractivity contribution in [2.45, 2.75) is 5.92 Å². The van der Waals surface area contributed by atoms with Gasteiger partial charge in [0, 0.05) is 12.1 Å². The van der Waals surface area contributed by atoms with Crippen molar-refractivity contribution in [2.75, 3.05) is 6.61 Å². The van der Waals surface area contributed by atoms with Gasteiger partial charge in [0.05, 0.1) is 5.92 Å². The number of aromatic hydroxyl groups is 1. The van der Waals surface area contributed by atoms with Gasteiger partial charge in [0.15, 0.2) is 5.78 Å². The summed E-state index contributed by atoms with van der Waals surface area (Å²) < 4.78 is 5.50. The number of Topliss-reactive ketones (excluding diaryl/α,β-unsaturated/α-hetero) is 1. The lowest BCUT2D eigenvalue weighted by Crippen LogP contribution is -2.26. The molecule has 0 aromatic heterocycles. The van der Waals surface area contributed by atoms with Gasteiger partial charge in [-0.3, -0.25) is 4.79 Å². The minimum atomic E-state index is -0.454. The number of carbonyl (C=O) groups excluding carboxylic acids is 1. The molecule has 0 saturated carbocycles. The predicted octanol–water partition coefficient (Wildman–Crippen LogP) is 3.15. The second kappa shape index (κ2) is 4.77. The van der Waals surface area contributed by atoms with E-state index in [9.17, 15) is 14.8 Å². The molecule has 3 rings (SSSR count). The average Bonchev–Trinajstić information content (AvgIpc) is 2.48. The zero-order chi connectivity index (χ0) is 14.1. The summed E-state index contributed by atoms with van der Waals surface area (Å²) in [6, 6.07) is 11.8. The average molecular weight is 269 g/mol. The van der Waals surface area contributed by atoms with E-state index in [0.717, 1.165) is 5.56 Å². The molecule has 0 amide bonds. The van der Waals surface area contributed by atoms with Crippen molar-refractivity contribution < 1.29 is 14.6 Å². The van der Waals surface area contributed by atoms with Gasteiger partial charge in [-0.25, -0.2) is 0 Å². The molecule has 20 heavy (non-hydrogen) atoms. The maximum Gasteiger partial charge on any atom is 0.181 e. The quantitative estimate of drug-likeness (QED) is 0.850. The Bertz CT molecular complexity index is 682. The Morgan fingerprint density at radius 2 is 1.95 bits per heavy atom. The number of hydrogen-bond donors (Lipinski definition) is 1. The molecule has 2 aromatic rings. The maximum absolute atomic E-state index is 12.5. The summed E-state index contributed by atoms with van der Waals surface area (Å²) >= 11 is 0. The van der Waals surface area contributed by atoms with Gasteiger partial charge in [-0.2, -0.15) is 0 Å². The van der Waals surface area contributed by atoms with Gasteiger partial charge in [0.2, 0.25) is 0 Å². The van der Waals surface area contributed by atoms with Crippen molar-refractivity contribution in [3.63, 3.8) is 0 Å². The summed E-state index contributed by atoms with van der Waals surface area (Å²) in [4.78, 5) is 23.0. The highest BCUT2D eigenvalue weighted by molar-refractivity contribution is 6.06. The van der Waals surface area contributed by atoms with Gasteiger partial charge in [-0.15, -0.1) is 4.91 Å². The second-order valence-electron chi connectivity index (χ2n) is 4.57. The van der Waals surface area contributed by atoms with E-state index in [0.29, 0.717) is 0 Å². The van der Waals surface area contributed by atoms with Crippen molar-refractivity contribution >= 4 is 11.5 Å². The van der Waals surface area contributed by atoms with Crippen LogP contribution in [0.25, 0.3) is 0 Å². The molecule has 0 spiro atoms. The van der Waals surface area contributed by atoms with E-state index in [-0.39, 0.29) is 35.1 Å². The Morgan fingerprint density at radius 1 is 1.20 bits per heavy atom. The predicted molar refractivity (Wildman–Crippen MR) is 72.6 cm³/mol. The van der Waals surface area contributed by atoms with E-state index in [1.165, 1.54) is 12.1 Å². The van der Waals surface area contributed by atoms with E-state index in [4.69, 9.17) is 4.74 Å². The highest BCUT2D eigenvalue weighted by atomic mass is 16.5. The molecular formula is C15H11NO4. The first-order chi connectivity index (χ1) is 9.70. The summed E-state index contributed by atoms with van der Waals surface area (Å²) in [6.45, 7) is 0.178. The van der Waals surface area contributed by atoms with Crippen LogP contribution in [0.2, 0.25) is 0 Å². The van der Waals surface area contributed by atoms with Crippen LogP contribution in [-0.4, -0.2) is 17.5 Å². The van der Waals surface area contributed by atoms with Crippen molar-refractivity contribution in [1.29, 1.82) is 0 Å². The van der Waals surface area contributed by atoms with Crippen LogP contribution in [-0.2, 0) is 0 Å². The van der Waals surface area contributed by atoms with Crippen LogP contribution in [0.5, 0.6) is 11.5 Å². The molecule has 0 aliphatic carbocycles. The largest absolute Gasteiger partial charge is 0.507 e. The van der Waals surface area contributed by atoms with Gasteiger partial charge in [0.25, 0.3) is 0 Å². The molecule has 1 unspecified atom stereocenters. The fourth-order valence-corrected chi connectivity index (χ4v) is 2.36. The summed E-state index contributed by atoms with van der Waals surface area (Å²) in [5.74, 6) is -0.739. The molecule has 0 radical (unpaired) electrons. The van der Waals surface area contributed by atoms with Crippen LogP contribution in [0, 0.1) is 4.91 Å². The molecule has 0 bridgehead atoms. The number of carbonyl (C=O) groups is 1. The number of phenolic OH excluding ortho intramolecular Hbond substituents is 1. The molecule has 100 valence electrons. The number of rotatable bonds is 2. The summed E-state index contributed by atoms with van der Waals surface area (Å²) in [5.41, 5.74) is 0.977. The molecule has 0 fully saturated rings. The number of phenols is 1. The topological polar surface area (TPSA) is 76.0 Å².